The number of aliphatic hydroxyl groups is 1. The SMILES string of the molecule is O=S(CCO)c1ccc(-n2cc(CP(O)O)c3cc(Br)ccc32)cc1. The molecule has 0 fully saturated rings. The van der Waals surface area contributed by atoms with Crippen LogP contribution in [0.3, 0.4) is 0 Å². The topological polar surface area (TPSA) is 82.7 Å². The van der Waals surface area contributed by atoms with Crippen molar-refractivity contribution in [1.29, 1.82) is 0 Å². The summed E-state index contributed by atoms with van der Waals surface area (Å²) in [5.74, 6) is 0.223. The highest BCUT2D eigenvalue weighted by Crippen LogP contribution is 2.36. The summed E-state index contributed by atoms with van der Waals surface area (Å²) >= 11 is 3.46. The van der Waals surface area contributed by atoms with Gasteiger partial charge in [-0.15, -0.1) is 0 Å². The number of benzene rings is 2. The molecule has 0 aliphatic heterocycles. The highest BCUT2D eigenvalue weighted by Gasteiger charge is 2.13. The first-order valence-corrected chi connectivity index (χ1v) is 11.1. The predicted molar refractivity (Wildman–Crippen MR) is 104 cm³/mol. The largest absolute Gasteiger partial charge is 0.395 e. The fourth-order valence-corrected chi connectivity index (χ4v) is 4.48. The van der Waals surface area contributed by atoms with Gasteiger partial charge in [-0.25, -0.2) is 0 Å². The van der Waals surface area contributed by atoms with E-state index in [1.54, 1.807) is 12.1 Å². The van der Waals surface area contributed by atoms with E-state index in [1.807, 2.05) is 41.1 Å². The molecule has 0 saturated heterocycles. The van der Waals surface area contributed by atoms with Crippen molar-refractivity contribution in [2.45, 2.75) is 11.1 Å². The van der Waals surface area contributed by atoms with Crippen LogP contribution in [0.4, 0.5) is 0 Å². The summed E-state index contributed by atoms with van der Waals surface area (Å²) in [7, 11) is -3.24. The Morgan fingerprint density at radius 2 is 1.84 bits per heavy atom. The number of nitrogens with zero attached hydrogens (tertiary/aromatic N) is 1. The smallest absolute Gasteiger partial charge is 0.169 e. The van der Waals surface area contributed by atoms with Crippen LogP contribution in [0, 0.1) is 0 Å². The quantitative estimate of drug-likeness (QED) is 0.512. The minimum atomic E-state index is -2.03. The molecular formula is C17H17BrNO4PS. The monoisotopic (exact) mass is 441 g/mol. The second-order valence-electron chi connectivity index (χ2n) is 5.48. The van der Waals surface area contributed by atoms with Crippen LogP contribution in [0.25, 0.3) is 16.6 Å². The van der Waals surface area contributed by atoms with E-state index in [-0.39, 0.29) is 18.5 Å². The average Bonchev–Trinajstić information content (AvgIpc) is 2.92. The van der Waals surface area contributed by atoms with Crippen LogP contribution >= 0.6 is 24.3 Å². The molecule has 0 radical (unpaired) electrons. The molecule has 5 nitrogen and oxygen atoms in total. The van der Waals surface area contributed by atoms with Crippen molar-refractivity contribution in [2.75, 3.05) is 12.4 Å². The van der Waals surface area contributed by atoms with Crippen LogP contribution in [0.5, 0.6) is 0 Å². The third-order valence-corrected chi connectivity index (χ3v) is 6.28. The molecule has 3 N–H and O–H groups in total. The second kappa shape index (κ2) is 8.08. The predicted octanol–water partition coefficient (Wildman–Crippen LogP) is 3.29. The highest BCUT2D eigenvalue weighted by molar-refractivity contribution is 9.10. The number of fused-ring (bicyclic) bond motifs is 1. The molecular weight excluding hydrogens is 425 g/mol. The summed E-state index contributed by atoms with van der Waals surface area (Å²) in [5, 5.41) is 9.86. The molecule has 0 aliphatic rings. The van der Waals surface area contributed by atoms with E-state index >= 15 is 0 Å². The number of rotatable bonds is 6. The maximum Gasteiger partial charge on any atom is 0.169 e. The normalized spacial score (nSPS) is 12.8. The first-order valence-electron chi connectivity index (χ1n) is 7.54. The summed E-state index contributed by atoms with van der Waals surface area (Å²) in [4.78, 5) is 19.5. The lowest BCUT2D eigenvalue weighted by Crippen LogP contribution is -2.02. The van der Waals surface area contributed by atoms with Gasteiger partial charge in [-0.3, -0.25) is 4.21 Å². The minimum absolute atomic E-state index is 0.111. The summed E-state index contributed by atoms with van der Waals surface area (Å²) in [6.45, 7) is -0.111. The summed E-state index contributed by atoms with van der Waals surface area (Å²) in [6.07, 6.45) is 2.10. The Morgan fingerprint density at radius 3 is 2.48 bits per heavy atom. The first-order chi connectivity index (χ1) is 12.0. The first kappa shape index (κ1) is 18.7. The van der Waals surface area contributed by atoms with Crippen LogP contribution in [0.1, 0.15) is 5.56 Å². The van der Waals surface area contributed by atoms with Gasteiger partial charge in [0.2, 0.25) is 0 Å². The maximum absolute atomic E-state index is 12.0. The van der Waals surface area contributed by atoms with Crippen LogP contribution in [-0.2, 0) is 17.0 Å². The zero-order valence-electron chi connectivity index (χ0n) is 13.2. The Kier molecular flexibility index (Phi) is 6.04. The average molecular weight is 442 g/mol. The second-order valence-corrected chi connectivity index (χ2v) is 9.03. The van der Waals surface area contributed by atoms with E-state index in [4.69, 9.17) is 5.11 Å². The van der Waals surface area contributed by atoms with Gasteiger partial charge >= 0.3 is 0 Å². The van der Waals surface area contributed by atoms with Crippen molar-refractivity contribution in [3.63, 3.8) is 0 Å². The molecule has 1 aromatic heterocycles. The van der Waals surface area contributed by atoms with Gasteiger partial charge in [0, 0.05) is 32.8 Å². The molecule has 3 aromatic rings. The number of hydrogen-bond donors (Lipinski definition) is 3. The van der Waals surface area contributed by atoms with Gasteiger partial charge in [0.15, 0.2) is 8.38 Å². The van der Waals surface area contributed by atoms with Crippen molar-refractivity contribution >= 4 is 46.0 Å². The Bertz CT molecular complexity index is 911. The van der Waals surface area contributed by atoms with Gasteiger partial charge in [-0.2, -0.15) is 0 Å². The summed E-state index contributed by atoms with van der Waals surface area (Å²) in [5.41, 5.74) is 2.71. The van der Waals surface area contributed by atoms with Gasteiger partial charge < -0.3 is 19.5 Å². The van der Waals surface area contributed by atoms with Crippen molar-refractivity contribution in [3.05, 3.63) is 58.7 Å². The molecule has 0 aliphatic carbocycles. The van der Waals surface area contributed by atoms with Crippen LogP contribution in [-0.4, -0.2) is 36.0 Å². The molecule has 0 amide bonds. The number of aliphatic hydroxyl groups excluding tert-OH is 1. The van der Waals surface area contributed by atoms with E-state index in [0.717, 1.165) is 26.6 Å². The maximum atomic E-state index is 12.0. The van der Waals surface area contributed by atoms with E-state index in [0.29, 0.717) is 4.90 Å². The molecule has 0 spiro atoms. The van der Waals surface area contributed by atoms with Gasteiger partial charge in [0.25, 0.3) is 0 Å². The zero-order chi connectivity index (χ0) is 18.0. The molecule has 1 heterocycles. The van der Waals surface area contributed by atoms with Gasteiger partial charge in [-0.1, -0.05) is 15.9 Å². The van der Waals surface area contributed by atoms with E-state index in [9.17, 15) is 14.0 Å². The third-order valence-electron chi connectivity index (χ3n) is 3.82. The van der Waals surface area contributed by atoms with Crippen LogP contribution in [0.2, 0.25) is 0 Å². The molecule has 1 unspecified atom stereocenters. The fourth-order valence-electron chi connectivity index (χ4n) is 2.72. The lowest BCUT2D eigenvalue weighted by Gasteiger charge is -2.07. The summed E-state index contributed by atoms with van der Waals surface area (Å²) < 4.78 is 14.9. The van der Waals surface area contributed by atoms with Crippen molar-refractivity contribution in [1.82, 2.24) is 4.57 Å². The Morgan fingerprint density at radius 1 is 1.12 bits per heavy atom. The molecule has 0 saturated carbocycles. The van der Waals surface area contributed by atoms with Crippen molar-refractivity contribution in [3.8, 4) is 5.69 Å². The van der Waals surface area contributed by atoms with Crippen LogP contribution < -0.4 is 0 Å². The molecule has 0 bridgehead atoms. The zero-order valence-corrected chi connectivity index (χ0v) is 16.5. The van der Waals surface area contributed by atoms with Gasteiger partial charge in [0.1, 0.15) is 0 Å². The Hall–Kier alpha value is -1.08. The minimum Gasteiger partial charge on any atom is -0.395 e. The molecule has 132 valence electrons. The molecule has 25 heavy (non-hydrogen) atoms. The fraction of sp³-hybridized carbons (Fsp3) is 0.176. The molecule has 1 atom stereocenters. The lowest BCUT2D eigenvalue weighted by atomic mass is 10.2. The number of halogens is 1. The lowest BCUT2D eigenvalue weighted by molar-refractivity contribution is 0.321. The Balaban J connectivity index is 2.04. The summed E-state index contributed by atoms with van der Waals surface area (Å²) in [6, 6.07) is 13.2. The molecule has 2 aromatic carbocycles. The Labute approximate surface area is 157 Å². The number of hydrogen-bond acceptors (Lipinski definition) is 4. The molecule has 8 heteroatoms. The third kappa shape index (κ3) is 4.19. The molecule has 3 rings (SSSR count). The number of aromatic nitrogens is 1. The van der Waals surface area contributed by atoms with E-state index < -0.39 is 19.2 Å². The van der Waals surface area contributed by atoms with Crippen molar-refractivity contribution < 1.29 is 19.1 Å². The highest BCUT2D eigenvalue weighted by atomic mass is 79.9. The van der Waals surface area contributed by atoms with E-state index in [1.165, 1.54) is 0 Å². The van der Waals surface area contributed by atoms with E-state index in [2.05, 4.69) is 15.9 Å². The standard InChI is InChI=1S/C17H17BrNO4PS/c18-13-1-6-17-16(9-13)12(11-24(21)22)10-19(17)14-2-4-15(5-3-14)25(23)8-7-20/h1-6,9-10,20-22H,7-8,11H2. The van der Waals surface area contributed by atoms with Crippen molar-refractivity contribution in [2.24, 2.45) is 0 Å². The van der Waals surface area contributed by atoms with Crippen LogP contribution in [0.15, 0.2) is 58.0 Å². The van der Waals surface area contributed by atoms with Gasteiger partial charge in [0.05, 0.1) is 28.7 Å². The van der Waals surface area contributed by atoms with Gasteiger partial charge in [-0.05, 0) is 48.0 Å².